The largest absolute Gasteiger partial charge is 0.504 e. The number of alkyl halides is 3. The van der Waals surface area contributed by atoms with E-state index in [4.69, 9.17) is 44.3 Å². The smallest absolute Gasteiger partial charge is 0.268 e. The molecule has 0 amide bonds. The molecule has 0 aliphatic carbocycles. The van der Waals surface area contributed by atoms with Gasteiger partial charge in [-0.3, -0.25) is 0 Å². The molecule has 5 nitrogen and oxygen atoms in total. The predicted molar refractivity (Wildman–Crippen MR) is 72.2 cm³/mol. The highest BCUT2D eigenvalue weighted by Crippen LogP contribution is 2.37. The van der Waals surface area contributed by atoms with Gasteiger partial charge in [-0.05, 0) is 23.8 Å². The number of phenols is 2. The van der Waals surface area contributed by atoms with E-state index < -0.39 is 3.79 Å². The molecule has 0 radical (unpaired) electrons. The van der Waals surface area contributed by atoms with Crippen LogP contribution in [0.1, 0.15) is 17.3 Å². The van der Waals surface area contributed by atoms with Crippen LogP contribution in [0.2, 0.25) is 0 Å². The van der Waals surface area contributed by atoms with Gasteiger partial charge in [0.1, 0.15) is 0 Å². The van der Waals surface area contributed by atoms with E-state index in [1.54, 1.807) is 12.1 Å². The van der Waals surface area contributed by atoms with Crippen molar-refractivity contribution < 1.29 is 14.6 Å². The second-order valence-electron chi connectivity index (χ2n) is 3.52. The monoisotopic (exact) mass is 320 g/mol. The highest BCUT2D eigenvalue weighted by atomic mass is 35.6. The number of hydrogen-bond acceptors (Lipinski definition) is 5. The fourth-order valence-corrected chi connectivity index (χ4v) is 1.46. The van der Waals surface area contributed by atoms with Crippen molar-refractivity contribution in [3.05, 3.63) is 35.5 Å². The molecule has 2 aromatic rings. The molecule has 2 N–H and O–H groups in total. The van der Waals surface area contributed by atoms with Crippen LogP contribution in [0.25, 0.3) is 12.2 Å². The third-order valence-electron chi connectivity index (χ3n) is 2.10. The normalized spacial score (nSPS) is 12.2. The molecule has 0 unspecified atom stereocenters. The first-order valence-electron chi connectivity index (χ1n) is 4.97. The van der Waals surface area contributed by atoms with Crippen molar-refractivity contribution in [2.75, 3.05) is 0 Å². The molecule has 8 heteroatoms. The Morgan fingerprint density at radius 2 is 1.79 bits per heavy atom. The lowest BCUT2D eigenvalue weighted by Gasteiger charge is -2.01. The van der Waals surface area contributed by atoms with Crippen molar-refractivity contribution in [1.82, 2.24) is 10.2 Å². The predicted octanol–water partition coefficient (Wildman–Crippen LogP) is 3.48. The number of halogens is 3. The van der Waals surface area contributed by atoms with Gasteiger partial charge in [0.25, 0.3) is 9.68 Å². The van der Waals surface area contributed by atoms with Crippen LogP contribution < -0.4 is 0 Å². The lowest BCUT2D eigenvalue weighted by molar-refractivity contribution is 0.403. The highest BCUT2D eigenvalue weighted by Gasteiger charge is 2.29. The van der Waals surface area contributed by atoms with Gasteiger partial charge in [0.15, 0.2) is 11.5 Å². The van der Waals surface area contributed by atoms with Crippen molar-refractivity contribution in [2.45, 2.75) is 3.79 Å². The average molecular weight is 322 g/mol. The number of aromatic nitrogens is 2. The number of benzene rings is 1. The molecular weight excluding hydrogens is 314 g/mol. The van der Waals surface area contributed by atoms with Gasteiger partial charge in [0.05, 0.1) is 0 Å². The number of phenolic OH excluding ortho intramolecular Hbond substituents is 2. The number of nitrogens with zero attached hydrogens (tertiary/aromatic N) is 2. The van der Waals surface area contributed by atoms with E-state index in [1.165, 1.54) is 18.2 Å². The van der Waals surface area contributed by atoms with Gasteiger partial charge in [0.2, 0.25) is 5.89 Å². The fraction of sp³-hybridized carbons (Fsp3) is 0.0909. The van der Waals surface area contributed by atoms with Crippen LogP contribution >= 0.6 is 34.8 Å². The minimum absolute atomic E-state index is 0.134. The Morgan fingerprint density at radius 3 is 2.37 bits per heavy atom. The summed E-state index contributed by atoms with van der Waals surface area (Å²) in [5, 5.41) is 25.7. The molecule has 0 fully saturated rings. The van der Waals surface area contributed by atoms with Gasteiger partial charge in [-0.15, -0.1) is 10.2 Å². The highest BCUT2D eigenvalue weighted by molar-refractivity contribution is 6.66. The molecule has 1 aromatic carbocycles. The van der Waals surface area contributed by atoms with E-state index in [1.807, 2.05) is 0 Å². The minimum Gasteiger partial charge on any atom is -0.504 e. The Morgan fingerprint density at radius 1 is 1.05 bits per heavy atom. The van der Waals surface area contributed by atoms with E-state index in [0.717, 1.165) is 0 Å². The van der Waals surface area contributed by atoms with Crippen LogP contribution in [0.5, 0.6) is 11.5 Å². The summed E-state index contributed by atoms with van der Waals surface area (Å²) in [6.07, 6.45) is 3.08. The Hall–Kier alpha value is -1.43. The standard InChI is InChI=1S/C11H7Cl3N2O3/c12-11(13,14)10-16-15-9(19-10)4-2-6-1-3-7(17)8(18)5-6/h1-5,17-18H. The van der Waals surface area contributed by atoms with E-state index in [9.17, 15) is 5.11 Å². The summed E-state index contributed by atoms with van der Waals surface area (Å²) in [4.78, 5) is 0. The lowest BCUT2D eigenvalue weighted by atomic mass is 10.2. The molecule has 0 atom stereocenters. The number of aromatic hydroxyl groups is 2. The fourth-order valence-electron chi connectivity index (χ4n) is 1.23. The molecule has 0 saturated heterocycles. The van der Waals surface area contributed by atoms with Gasteiger partial charge < -0.3 is 14.6 Å². The molecule has 1 aromatic heterocycles. The van der Waals surface area contributed by atoms with Crippen molar-refractivity contribution in [2.24, 2.45) is 0 Å². The summed E-state index contributed by atoms with van der Waals surface area (Å²) in [6, 6.07) is 4.32. The average Bonchev–Trinajstić information content (AvgIpc) is 2.79. The van der Waals surface area contributed by atoms with Crippen LogP contribution in [0, 0.1) is 0 Å². The quantitative estimate of drug-likeness (QED) is 0.654. The Bertz CT molecular complexity index is 620. The van der Waals surface area contributed by atoms with Crippen molar-refractivity contribution in [3.8, 4) is 11.5 Å². The molecule has 0 bridgehead atoms. The second-order valence-corrected chi connectivity index (χ2v) is 5.81. The first-order valence-corrected chi connectivity index (χ1v) is 6.10. The zero-order chi connectivity index (χ0) is 14.0. The van der Waals surface area contributed by atoms with E-state index in [2.05, 4.69) is 10.2 Å². The third-order valence-corrected chi connectivity index (χ3v) is 2.59. The maximum atomic E-state index is 9.32. The molecule has 0 spiro atoms. The Labute approximate surface area is 123 Å². The zero-order valence-corrected chi connectivity index (χ0v) is 11.5. The number of hydrogen-bond donors (Lipinski definition) is 2. The van der Waals surface area contributed by atoms with E-state index in [0.29, 0.717) is 5.56 Å². The summed E-state index contributed by atoms with van der Waals surface area (Å²) < 4.78 is 3.34. The lowest BCUT2D eigenvalue weighted by Crippen LogP contribution is -1.99. The summed E-state index contributed by atoms with van der Waals surface area (Å²) in [5.41, 5.74) is 0.629. The van der Waals surface area contributed by atoms with Crippen molar-refractivity contribution >= 4 is 47.0 Å². The summed E-state index contributed by atoms with van der Waals surface area (Å²) in [5.74, 6) is -0.414. The maximum Gasteiger partial charge on any atom is 0.268 e. The van der Waals surface area contributed by atoms with Crippen LogP contribution in [0.4, 0.5) is 0 Å². The third kappa shape index (κ3) is 3.53. The maximum absolute atomic E-state index is 9.32. The van der Waals surface area contributed by atoms with Crippen LogP contribution in [0.3, 0.4) is 0 Å². The van der Waals surface area contributed by atoms with Crippen molar-refractivity contribution in [3.63, 3.8) is 0 Å². The van der Waals surface area contributed by atoms with Gasteiger partial charge in [-0.2, -0.15) is 0 Å². The molecule has 0 aliphatic rings. The molecule has 0 aliphatic heterocycles. The van der Waals surface area contributed by atoms with Crippen molar-refractivity contribution in [1.29, 1.82) is 0 Å². The first kappa shape index (κ1) is 14.0. The molecule has 100 valence electrons. The second kappa shape index (κ2) is 5.28. The summed E-state index contributed by atoms with van der Waals surface area (Å²) >= 11 is 16.7. The van der Waals surface area contributed by atoms with E-state index >= 15 is 0 Å². The molecule has 1 heterocycles. The van der Waals surface area contributed by atoms with Gasteiger partial charge in [-0.25, -0.2) is 0 Å². The van der Waals surface area contributed by atoms with Crippen LogP contribution in [-0.2, 0) is 3.79 Å². The Kier molecular flexibility index (Phi) is 3.89. The zero-order valence-electron chi connectivity index (χ0n) is 9.22. The van der Waals surface area contributed by atoms with Gasteiger partial charge in [0, 0.05) is 6.08 Å². The Balaban J connectivity index is 2.18. The van der Waals surface area contributed by atoms with Gasteiger partial charge >= 0.3 is 0 Å². The van der Waals surface area contributed by atoms with E-state index in [-0.39, 0.29) is 23.3 Å². The molecule has 2 rings (SSSR count). The topological polar surface area (TPSA) is 79.4 Å². The number of rotatable bonds is 2. The van der Waals surface area contributed by atoms with Gasteiger partial charge in [-0.1, -0.05) is 40.9 Å². The summed E-state index contributed by atoms with van der Waals surface area (Å²) in [6.45, 7) is 0. The SMILES string of the molecule is Oc1ccc(C=Cc2nnc(C(Cl)(Cl)Cl)o2)cc1O. The minimum atomic E-state index is -1.77. The molecular formula is C11H7Cl3N2O3. The van der Waals surface area contributed by atoms with Crippen LogP contribution in [-0.4, -0.2) is 20.4 Å². The molecule has 0 saturated carbocycles. The summed E-state index contributed by atoms with van der Waals surface area (Å²) in [7, 11) is 0. The molecule has 19 heavy (non-hydrogen) atoms. The first-order chi connectivity index (χ1) is 8.86. The van der Waals surface area contributed by atoms with Crippen LogP contribution in [0.15, 0.2) is 22.6 Å².